The van der Waals surface area contributed by atoms with E-state index >= 15 is 0 Å². The van der Waals surface area contributed by atoms with Crippen LogP contribution in [0.4, 0.5) is 5.69 Å². The number of hydrogen-bond donors (Lipinski definition) is 0. The molecule has 6 nitrogen and oxygen atoms in total. The highest BCUT2D eigenvalue weighted by Gasteiger charge is 2.28. The third-order valence-electron chi connectivity index (χ3n) is 2.93. The van der Waals surface area contributed by atoms with Crippen molar-refractivity contribution < 1.29 is 14.4 Å². The van der Waals surface area contributed by atoms with Gasteiger partial charge in [0.15, 0.2) is 0 Å². The van der Waals surface area contributed by atoms with Crippen molar-refractivity contribution in [2.75, 3.05) is 0 Å². The van der Waals surface area contributed by atoms with Gasteiger partial charge in [-0.25, -0.2) is 4.98 Å². The van der Waals surface area contributed by atoms with E-state index in [0.29, 0.717) is 17.3 Å². The fraction of sp³-hybridized carbons (Fsp3) is 0.583. The molecule has 0 radical (unpaired) electrons. The van der Waals surface area contributed by atoms with E-state index < -0.39 is 4.92 Å². The fourth-order valence-electron chi connectivity index (χ4n) is 2.24. The van der Waals surface area contributed by atoms with Crippen molar-refractivity contribution in [3.63, 3.8) is 0 Å². The summed E-state index contributed by atoms with van der Waals surface area (Å²) in [4.78, 5) is 14.5. The summed E-state index contributed by atoms with van der Waals surface area (Å²) < 4.78 is 11.9. The van der Waals surface area contributed by atoms with E-state index in [-0.39, 0.29) is 29.9 Å². The van der Waals surface area contributed by atoms with Crippen LogP contribution in [0.15, 0.2) is 16.7 Å². The zero-order valence-electron chi connectivity index (χ0n) is 10.7. The molecule has 1 aliphatic rings. The second kappa shape index (κ2) is 5.83. The Kier molecular flexibility index (Phi) is 4.36. The summed E-state index contributed by atoms with van der Waals surface area (Å²) in [6, 6.07) is 1.40. The molecule has 7 heteroatoms. The second-order valence-electron chi connectivity index (χ2n) is 4.70. The summed E-state index contributed by atoms with van der Waals surface area (Å²) in [6.45, 7) is 3.94. The maximum atomic E-state index is 11.0. The Labute approximate surface area is 119 Å². The van der Waals surface area contributed by atoms with E-state index in [1.165, 1.54) is 12.3 Å². The van der Waals surface area contributed by atoms with E-state index in [0.717, 1.165) is 0 Å². The number of aromatic nitrogens is 1. The summed E-state index contributed by atoms with van der Waals surface area (Å²) in [5.41, 5.74) is -0.124. The smallest absolute Gasteiger partial charge is 0.332 e. The zero-order valence-corrected chi connectivity index (χ0v) is 12.3. The van der Waals surface area contributed by atoms with E-state index in [1.54, 1.807) is 0 Å². The molecule has 1 fully saturated rings. The minimum atomic E-state index is -0.487. The highest BCUT2D eigenvalue weighted by Crippen LogP contribution is 2.31. The quantitative estimate of drug-likeness (QED) is 0.628. The molecule has 0 spiro atoms. The molecule has 19 heavy (non-hydrogen) atoms. The van der Waals surface area contributed by atoms with Crippen LogP contribution in [0, 0.1) is 10.1 Å². The van der Waals surface area contributed by atoms with Crippen LogP contribution >= 0.6 is 15.9 Å². The molecule has 2 rings (SSSR count). The molecule has 0 N–H and O–H groups in total. The molecule has 1 saturated heterocycles. The summed E-state index contributed by atoms with van der Waals surface area (Å²) in [6.07, 6.45) is 2.98. The number of nitrogens with zero attached hydrogens (tertiary/aromatic N) is 2. The molecule has 0 aliphatic carbocycles. The van der Waals surface area contributed by atoms with Gasteiger partial charge >= 0.3 is 5.69 Å². The highest BCUT2D eigenvalue weighted by atomic mass is 79.9. The number of ether oxygens (including phenoxy) is 2. The van der Waals surface area contributed by atoms with Gasteiger partial charge in [-0.3, -0.25) is 10.1 Å². The van der Waals surface area contributed by atoms with E-state index in [2.05, 4.69) is 20.9 Å². The predicted octanol–water partition coefficient (Wildman–Crippen LogP) is 3.09. The number of rotatable bonds is 3. The number of hydrogen-bond acceptors (Lipinski definition) is 5. The lowest BCUT2D eigenvalue weighted by Gasteiger charge is -2.31. The van der Waals surface area contributed by atoms with Crippen molar-refractivity contribution in [2.45, 2.75) is 45.0 Å². The minimum Gasteiger partial charge on any atom is -0.469 e. The van der Waals surface area contributed by atoms with Gasteiger partial charge in [0.25, 0.3) is 5.88 Å². The van der Waals surface area contributed by atoms with E-state index in [1.807, 2.05) is 13.8 Å². The Hall–Kier alpha value is -1.21. The third kappa shape index (κ3) is 3.63. The van der Waals surface area contributed by atoms with Crippen LogP contribution in [0.5, 0.6) is 5.88 Å². The average molecular weight is 331 g/mol. The van der Waals surface area contributed by atoms with Crippen molar-refractivity contribution in [3.05, 3.63) is 26.9 Å². The van der Waals surface area contributed by atoms with Crippen LogP contribution < -0.4 is 4.74 Å². The van der Waals surface area contributed by atoms with Gasteiger partial charge in [-0.1, -0.05) is 0 Å². The Balaban J connectivity index is 2.16. The maximum Gasteiger partial charge on any atom is 0.332 e. The summed E-state index contributed by atoms with van der Waals surface area (Å²) >= 11 is 3.17. The lowest BCUT2D eigenvalue weighted by molar-refractivity contribution is -0.386. The fourth-order valence-corrected chi connectivity index (χ4v) is 2.56. The molecular weight excluding hydrogens is 316 g/mol. The van der Waals surface area contributed by atoms with Crippen LogP contribution in [0.2, 0.25) is 0 Å². The molecule has 1 aromatic heterocycles. The SMILES string of the molecule is CC1CC(Oc2ncc(Br)cc2[N+](=O)[O-])CC(C)O1. The molecule has 2 heterocycles. The number of nitro groups is 1. The Bertz CT molecular complexity index is 473. The molecule has 2 unspecified atom stereocenters. The maximum absolute atomic E-state index is 11.0. The van der Waals surface area contributed by atoms with Gasteiger partial charge in [0.05, 0.1) is 17.1 Å². The topological polar surface area (TPSA) is 74.5 Å². The van der Waals surface area contributed by atoms with Gasteiger partial charge in [-0.05, 0) is 29.8 Å². The van der Waals surface area contributed by atoms with Crippen LogP contribution in [0.3, 0.4) is 0 Å². The minimum absolute atomic E-state index is 0.0690. The standard InChI is InChI=1S/C12H15BrN2O4/c1-7-3-10(4-8(2)18-7)19-12-11(15(16)17)5-9(13)6-14-12/h5-8,10H,3-4H2,1-2H3. The molecule has 1 aliphatic heterocycles. The zero-order chi connectivity index (χ0) is 14.0. The van der Waals surface area contributed by atoms with Gasteiger partial charge in [0, 0.05) is 29.6 Å². The first kappa shape index (κ1) is 14.2. The first-order valence-electron chi connectivity index (χ1n) is 6.07. The largest absolute Gasteiger partial charge is 0.469 e. The van der Waals surface area contributed by atoms with Crippen molar-refractivity contribution in [1.82, 2.24) is 4.98 Å². The van der Waals surface area contributed by atoms with Crippen molar-refractivity contribution in [1.29, 1.82) is 0 Å². The van der Waals surface area contributed by atoms with Crippen LogP contribution in [-0.2, 0) is 4.74 Å². The van der Waals surface area contributed by atoms with Crippen molar-refractivity contribution in [2.24, 2.45) is 0 Å². The first-order valence-corrected chi connectivity index (χ1v) is 6.87. The summed E-state index contributed by atoms with van der Waals surface area (Å²) in [5, 5.41) is 11.0. The van der Waals surface area contributed by atoms with Gasteiger partial charge in [0.1, 0.15) is 6.10 Å². The van der Waals surface area contributed by atoms with Crippen molar-refractivity contribution >= 4 is 21.6 Å². The average Bonchev–Trinajstić information content (AvgIpc) is 2.30. The Morgan fingerprint density at radius 2 is 2.11 bits per heavy atom. The Morgan fingerprint density at radius 1 is 1.47 bits per heavy atom. The van der Waals surface area contributed by atoms with Crippen molar-refractivity contribution in [3.8, 4) is 5.88 Å². The first-order chi connectivity index (χ1) is 8.95. The molecule has 0 bridgehead atoms. The summed E-state index contributed by atoms with van der Waals surface area (Å²) in [7, 11) is 0. The molecule has 0 amide bonds. The Morgan fingerprint density at radius 3 is 2.68 bits per heavy atom. The van der Waals surface area contributed by atoms with Crippen LogP contribution in [0.1, 0.15) is 26.7 Å². The molecule has 2 atom stereocenters. The predicted molar refractivity (Wildman–Crippen MR) is 72.3 cm³/mol. The lowest BCUT2D eigenvalue weighted by Crippen LogP contribution is -2.36. The number of halogens is 1. The molecular formula is C12H15BrN2O4. The van der Waals surface area contributed by atoms with E-state index in [9.17, 15) is 10.1 Å². The van der Waals surface area contributed by atoms with E-state index in [4.69, 9.17) is 9.47 Å². The molecule has 1 aromatic rings. The second-order valence-corrected chi connectivity index (χ2v) is 5.62. The van der Waals surface area contributed by atoms with Crippen LogP contribution in [0.25, 0.3) is 0 Å². The van der Waals surface area contributed by atoms with Gasteiger partial charge in [-0.15, -0.1) is 0 Å². The van der Waals surface area contributed by atoms with Crippen LogP contribution in [-0.4, -0.2) is 28.2 Å². The monoisotopic (exact) mass is 330 g/mol. The molecule has 0 aromatic carbocycles. The van der Waals surface area contributed by atoms with Gasteiger partial charge in [-0.2, -0.15) is 0 Å². The van der Waals surface area contributed by atoms with Gasteiger partial charge < -0.3 is 9.47 Å². The molecule has 104 valence electrons. The third-order valence-corrected chi connectivity index (χ3v) is 3.36. The molecule has 0 saturated carbocycles. The van der Waals surface area contributed by atoms with Gasteiger partial charge in [0.2, 0.25) is 0 Å². The normalized spacial score (nSPS) is 27.0. The summed E-state index contributed by atoms with van der Waals surface area (Å²) in [5.74, 6) is 0.0690. The number of pyridine rings is 1. The lowest BCUT2D eigenvalue weighted by atomic mass is 10.0. The highest BCUT2D eigenvalue weighted by molar-refractivity contribution is 9.10.